The third-order valence-electron chi connectivity index (χ3n) is 21.3. The lowest BCUT2D eigenvalue weighted by Crippen LogP contribution is -2.68. The van der Waals surface area contributed by atoms with Crippen molar-refractivity contribution in [3.63, 3.8) is 0 Å². The van der Waals surface area contributed by atoms with Crippen LogP contribution >= 0.6 is 0 Å². The number of carbonyl (C=O) groups is 3. The number of methoxy groups -OCH3 is 1. The summed E-state index contributed by atoms with van der Waals surface area (Å²) in [7, 11) is 1.72. The van der Waals surface area contributed by atoms with Gasteiger partial charge >= 0.3 is 11.9 Å². The second kappa shape index (κ2) is 15.9. The Hall–Kier alpha value is -2.45. The highest BCUT2D eigenvalue weighted by atomic mass is 16.6. The number of likely N-dealkylation sites (tertiary alicyclic amines) is 1. The first-order valence-corrected chi connectivity index (χ1v) is 25.2. The lowest BCUT2D eigenvalue weighted by atomic mass is 9.32. The van der Waals surface area contributed by atoms with Crippen LogP contribution in [0.4, 0.5) is 0 Å². The summed E-state index contributed by atoms with van der Waals surface area (Å²) in [5.41, 5.74) is 1.07. The third kappa shape index (κ3) is 6.97. The molecule has 1 heterocycles. The van der Waals surface area contributed by atoms with Gasteiger partial charge in [-0.15, -0.1) is 0 Å². The van der Waals surface area contributed by atoms with Gasteiger partial charge in [-0.2, -0.15) is 0 Å². The SMILES string of the molecule is COCCOC1CCN(C(=O)[C@]23CC[C@@H](C4(C)CC4)[C@@H]2[C@H]2CC[C@@H]4[C@@]5(C)CC[C@H](OC(=O)[C@H]6C[C@@H](OC(=O)Cc7ccccc7)C6(C)C)C(C)(C)[C@@H]5CC[C@@]4(C)[C@]2(C)CC3)CC1. The normalized spacial score (nSPS) is 42.6. The molecule has 344 valence electrons. The maximum atomic E-state index is 15.2. The van der Waals surface area contributed by atoms with Crippen molar-refractivity contribution in [3.8, 4) is 0 Å². The highest BCUT2D eigenvalue weighted by Gasteiger charge is 2.74. The summed E-state index contributed by atoms with van der Waals surface area (Å²) in [4.78, 5) is 44.4. The number of fused-ring (bicyclic) bond motifs is 7. The van der Waals surface area contributed by atoms with Gasteiger partial charge in [0.2, 0.25) is 5.91 Å². The molecule has 12 atom stereocenters. The van der Waals surface area contributed by atoms with Crippen LogP contribution < -0.4 is 0 Å². The van der Waals surface area contributed by atoms with Gasteiger partial charge in [0.05, 0.1) is 37.1 Å². The minimum absolute atomic E-state index is 0.115. The van der Waals surface area contributed by atoms with Crippen LogP contribution in [-0.2, 0) is 39.8 Å². The molecule has 1 aromatic carbocycles. The Balaban J connectivity index is 0.886. The number of hydrogen-bond donors (Lipinski definition) is 0. The zero-order chi connectivity index (χ0) is 44.1. The molecule has 1 amide bonds. The van der Waals surface area contributed by atoms with Crippen LogP contribution in [0.3, 0.4) is 0 Å². The molecule has 62 heavy (non-hydrogen) atoms. The minimum atomic E-state index is -0.467. The Morgan fingerprint density at radius 1 is 0.661 bits per heavy atom. The Labute approximate surface area is 374 Å². The van der Waals surface area contributed by atoms with E-state index in [4.69, 9.17) is 18.9 Å². The standard InChI is InChI=1S/C54H81NO7/c1-48(2)39(34-43(48)61-44(56)33-35-13-11-10-12-14-35)46(57)62-42-19-22-51(6)40(49(42,3)4)18-23-53(8)41(51)16-15-38-45-37(50(5)25-26-50)17-24-54(45,28-27-52(38,53)7)47(58)55-29-20-36(21-30-55)60-32-31-59-9/h10-14,36-43,45H,15-34H2,1-9H3/t37-,38-,39-,40+,41-,42+,43-,45-,51+,52-,53-,54+/m1/s1. The van der Waals surface area contributed by atoms with E-state index in [0.29, 0.717) is 60.5 Å². The van der Waals surface area contributed by atoms with E-state index in [1.807, 2.05) is 30.3 Å². The molecule has 0 radical (unpaired) electrons. The number of ether oxygens (including phenoxy) is 4. The molecule has 8 nitrogen and oxygen atoms in total. The van der Waals surface area contributed by atoms with Crippen molar-refractivity contribution < 1.29 is 33.3 Å². The van der Waals surface area contributed by atoms with Crippen molar-refractivity contribution in [2.75, 3.05) is 33.4 Å². The predicted molar refractivity (Wildman–Crippen MR) is 241 cm³/mol. The van der Waals surface area contributed by atoms with Crippen molar-refractivity contribution in [2.45, 2.75) is 176 Å². The number of esters is 2. The number of nitrogens with zero attached hydrogens (tertiary/aromatic N) is 1. The van der Waals surface area contributed by atoms with Crippen LogP contribution in [0.15, 0.2) is 30.3 Å². The highest BCUT2D eigenvalue weighted by Crippen LogP contribution is 2.79. The van der Waals surface area contributed by atoms with Gasteiger partial charge in [-0.05, 0) is 153 Å². The van der Waals surface area contributed by atoms with Crippen molar-refractivity contribution >= 4 is 17.8 Å². The number of hydrogen-bond acceptors (Lipinski definition) is 7. The predicted octanol–water partition coefficient (Wildman–Crippen LogP) is 10.6. The third-order valence-corrected chi connectivity index (χ3v) is 21.3. The summed E-state index contributed by atoms with van der Waals surface area (Å²) >= 11 is 0. The Morgan fingerprint density at radius 2 is 1.39 bits per heavy atom. The molecule has 0 N–H and O–H groups in total. The van der Waals surface area contributed by atoms with Crippen molar-refractivity contribution in [1.29, 1.82) is 0 Å². The van der Waals surface area contributed by atoms with Gasteiger partial charge in [0, 0.05) is 31.0 Å². The maximum Gasteiger partial charge on any atom is 0.310 e. The quantitative estimate of drug-likeness (QED) is 0.162. The molecule has 0 bridgehead atoms. The van der Waals surface area contributed by atoms with E-state index in [0.717, 1.165) is 63.6 Å². The molecule has 7 saturated carbocycles. The van der Waals surface area contributed by atoms with Crippen molar-refractivity contribution in [3.05, 3.63) is 35.9 Å². The van der Waals surface area contributed by atoms with Gasteiger partial charge in [-0.1, -0.05) is 85.7 Å². The molecule has 7 aliphatic carbocycles. The van der Waals surface area contributed by atoms with Gasteiger partial charge in [-0.25, -0.2) is 0 Å². The monoisotopic (exact) mass is 856 g/mol. The van der Waals surface area contributed by atoms with E-state index in [9.17, 15) is 9.59 Å². The van der Waals surface area contributed by atoms with E-state index in [1.165, 1.54) is 44.9 Å². The number of amides is 1. The molecule has 8 heteroatoms. The Bertz CT molecular complexity index is 1850. The molecule has 1 aliphatic heterocycles. The molecule has 0 unspecified atom stereocenters. The average Bonchev–Trinajstić information content (AvgIpc) is 3.85. The molecule has 0 aromatic heterocycles. The Morgan fingerprint density at radius 3 is 2.06 bits per heavy atom. The minimum Gasteiger partial charge on any atom is -0.462 e. The van der Waals surface area contributed by atoms with Crippen LogP contribution in [0.25, 0.3) is 0 Å². The highest BCUT2D eigenvalue weighted by molar-refractivity contribution is 5.84. The van der Waals surface area contributed by atoms with E-state index < -0.39 is 5.41 Å². The van der Waals surface area contributed by atoms with Crippen molar-refractivity contribution in [1.82, 2.24) is 4.90 Å². The van der Waals surface area contributed by atoms with Crippen LogP contribution in [0.2, 0.25) is 0 Å². The topological polar surface area (TPSA) is 91.4 Å². The smallest absolute Gasteiger partial charge is 0.310 e. The number of benzene rings is 1. The van der Waals surface area contributed by atoms with Gasteiger partial charge in [-0.3, -0.25) is 14.4 Å². The maximum absolute atomic E-state index is 15.2. The summed E-state index contributed by atoms with van der Waals surface area (Å²) in [5, 5.41) is 0. The number of piperidine rings is 1. The second-order valence-corrected chi connectivity index (χ2v) is 24.5. The number of carbonyl (C=O) groups excluding carboxylic acids is 3. The van der Waals surface area contributed by atoms with E-state index >= 15 is 4.79 Å². The fourth-order valence-electron chi connectivity index (χ4n) is 17.0. The average molecular weight is 856 g/mol. The lowest BCUT2D eigenvalue weighted by molar-refractivity contribution is -0.253. The molecule has 0 spiro atoms. The molecule has 8 aliphatic rings. The van der Waals surface area contributed by atoms with Crippen molar-refractivity contribution in [2.24, 2.45) is 73.4 Å². The summed E-state index contributed by atoms with van der Waals surface area (Å²) in [6.45, 7) is 22.4. The van der Waals surface area contributed by atoms with E-state index in [1.54, 1.807) is 7.11 Å². The zero-order valence-corrected chi connectivity index (χ0v) is 40.0. The van der Waals surface area contributed by atoms with Gasteiger partial charge in [0.15, 0.2) is 0 Å². The Kier molecular flexibility index (Phi) is 11.4. The number of rotatable bonds is 11. The van der Waals surface area contributed by atoms with E-state index in [-0.39, 0.29) is 69.7 Å². The molecule has 9 rings (SSSR count). The van der Waals surface area contributed by atoms with Gasteiger partial charge < -0.3 is 23.8 Å². The lowest BCUT2D eigenvalue weighted by Gasteiger charge is -2.73. The molecular weight excluding hydrogens is 775 g/mol. The van der Waals surface area contributed by atoms with Crippen LogP contribution in [0, 0.1) is 73.4 Å². The fourth-order valence-corrected chi connectivity index (χ4v) is 17.0. The summed E-state index contributed by atoms with van der Waals surface area (Å²) in [6, 6.07) is 9.71. The fraction of sp³-hybridized carbons (Fsp3) is 0.833. The van der Waals surface area contributed by atoms with Gasteiger partial charge in [0.25, 0.3) is 0 Å². The van der Waals surface area contributed by atoms with Gasteiger partial charge in [0.1, 0.15) is 12.2 Å². The van der Waals surface area contributed by atoms with Crippen LogP contribution in [0.1, 0.15) is 157 Å². The summed E-state index contributed by atoms with van der Waals surface area (Å²) in [5.74, 6) is 2.66. The first-order valence-electron chi connectivity index (χ1n) is 25.2. The first kappa shape index (κ1) is 44.7. The summed E-state index contributed by atoms with van der Waals surface area (Å²) in [6.07, 6.45) is 16.5. The summed E-state index contributed by atoms with van der Waals surface area (Å²) < 4.78 is 23.9. The molecule has 1 aromatic rings. The second-order valence-electron chi connectivity index (χ2n) is 24.5. The molecule has 1 saturated heterocycles. The first-order chi connectivity index (χ1) is 29.3. The molecular formula is C54H81NO7. The van der Waals surface area contributed by atoms with Crippen LogP contribution in [0.5, 0.6) is 0 Å². The molecule has 8 fully saturated rings. The largest absolute Gasteiger partial charge is 0.462 e. The zero-order valence-electron chi connectivity index (χ0n) is 40.0. The van der Waals surface area contributed by atoms with Crippen LogP contribution in [-0.4, -0.2) is 74.5 Å². The van der Waals surface area contributed by atoms with E-state index in [2.05, 4.69) is 60.3 Å².